The van der Waals surface area contributed by atoms with Crippen LogP contribution >= 0.6 is 0 Å². The molecular formula is C30H24. The predicted octanol–water partition coefficient (Wildman–Crippen LogP) is 8.20. The van der Waals surface area contributed by atoms with Crippen LogP contribution in [0.5, 0.6) is 0 Å². The molecular weight excluding hydrogens is 360 g/mol. The molecule has 0 saturated carbocycles. The molecule has 0 bridgehead atoms. The van der Waals surface area contributed by atoms with Crippen molar-refractivity contribution in [2.24, 2.45) is 0 Å². The molecule has 0 fully saturated rings. The second-order valence-corrected chi connectivity index (χ2v) is 7.17. The molecule has 30 heavy (non-hydrogen) atoms. The summed E-state index contributed by atoms with van der Waals surface area (Å²) in [6.07, 6.45) is 13.0. The molecule has 0 heteroatoms. The van der Waals surface area contributed by atoms with Gasteiger partial charge in [-0.3, -0.25) is 0 Å². The SMILES string of the molecule is C(=C\c1cc(/C=C/c2ccccc2)cc(/C=C/c2ccccc2)c1)/c1ccccc1. The Labute approximate surface area is 179 Å². The lowest BCUT2D eigenvalue weighted by molar-refractivity contribution is 1.58. The van der Waals surface area contributed by atoms with E-state index >= 15 is 0 Å². The average molecular weight is 385 g/mol. The van der Waals surface area contributed by atoms with Crippen molar-refractivity contribution in [2.75, 3.05) is 0 Å². The Morgan fingerprint density at radius 2 is 0.500 bits per heavy atom. The zero-order valence-electron chi connectivity index (χ0n) is 16.9. The summed E-state index contributed by atoms with van der Waals surface area (Å²) < 4.78 is 0. The van der Waals surface area contributed by atoms with Crippen LogP contribution < -0.4 is 0 Å². The van der Waals surface area contributed by atoms with Gasteiger partial charge in [0.25, 0.3) is 0 Å². The first-order valence-corrected chi connectivity index (χ1v) is 10.2. The van der Waals surface area contributed by atoms with Crippen molar-refractivity contribution in [1.82, 2.24) is 0 Å². The molecule has 0 saturated heterocycles. The van der Waals surface area contributed by atoms with Crippen LogP contribution in [-0.4, -0.2) is 0 Å². The van der Waals surface area contributed by atoms with E-state index in [0.717, 1.165) is 0 Å². The van der Waals surface area contributed by atoms with Crippen LogP contribution in [0, 0.1) is 0 Å². The maximum atomic E-state index is 2.22. The second-order valence-electron chi connectivity index (χ2n) is 7.17. The van der Waals surface area contributed by atoms with E-state index in [2.05, 4.69) is 127 Å². The van der Waals surface area contributed by atoms with Crippen molar-refractivity contribution < 1.29 is 0 Å². The highest BCUT2D eigenvalue weighted by Crippen LogP contribution is 2.18. The van der Waals surface area contributed by atoms with Gasteiger partial charge in [0.15, 0.2) is 0 Å². The molecule has 0 amide bonds. The third-order valence-electron chi connectivity index (χ3n) is 4.80. The molecule has 0 aliphatic rings. The van der Waals surface area contributed by atoms with E-state index in [-0.39, 0.29) is 0 Å². The van der Waals surface area contributed by atoms with E-state index in [1.807, 2.05) is 18.2 Å². The van der Waals surface area contributed by atoms with E-state index < -0.39 is 0 Å². The second kappa shape index (κ2) is 10.0. The minimum atomic E-state index is 1.18. The topological polar surface area (TPSA) is 0 Å². The lowest BCUT2D eigenvalue weighted by atomic mass is 10.0. The van der Waals surface area contributed by atoms with Gasteiger partial charge in [0, 0.05) is 0 Å². The Kier molecular flexibility index (Phi) is 6.50. The Hall–Kier alpha value is -3.90. The van der Waals surface area contributed by atoms with Crippen LogP contribution in [0.3, 0.4) is 0 Å². The van der Waals surface area contributed by atoms with Gasteiger partial charge in [0.1, 0.15) is 0 Å². The Morgan fingerprint density at radius 3 is 0.767 bits per heavy atom. The van der Waals surface area contributed by atoms with Crippen LogP contribution in [0.25, 0.3) is 36.5 Å². The Balaban J connectivity index is 1.65. The summed E-state index contributed by atoms with van der Waals surface area (Å²) in [5.74, 6) is 0. The molecule has 0 atom stereocenters. The third-order valence-corrected chi connectivity index (χ3v) is 4.80. The van der Waals surface area contributed by atoms with Crippen molar-refractivity contribution in [2.45, 2.75) is 0 Å². The van der Waals surface area contributed by atoms with Gasteiger partial charge in [0.05, 0.1) is 0 Å². The highest BCUT2D eigenvalue weighted by atomic mass is 14.0. The summed E-state index contributed by atoms with van der Waals surface area (Å²) in [6.45, 7) is 0. The highest BCUT2D eigenvalue weighted by molar-refractivity contribution is 5.78. The predicted molar refractivity (Wildman–Crippen MR) is 133 cm³/mol. The number of benzene rings is 4. The van der Waals surface area contributed by atoms with Crippen LogP contribution in [-0.2, 0) is 0 Å². The number of hydrogen-bond acceptors (Lipinski definition) is 0. The fourth-order valence-electron chi connectivity index (χ4n) is 3.26. The quantitative estimate of drug-likeness (QED) is 0.294. The minimum absolute atomic E-state index is 1.18. The summed E-state index contributed by atoms with van der Waals surface area (Å²) in [5, 5.41) is 0. The minimum Gasteiger partial charge on any atom is -0.0622 e. The molecule has 0 nitrogen and oxygen atoms in total. The number of hydrogen-bond donors (Lipinski definition) is 0. The monoisotopic (exact) mass is 384 g/mol. The van der Waals surface area contributed by atoms with Crippen LogP contribution in [0.2, 0.25) is 0 Å². The fourth-order valence-corrected chi connectivity index (χ4v) is 3.26. The average Bonchev–Trinajstić information content (AvgIpc) is 2.82. The summed E-state index contributed by atoms with van der Waals surface area (Å²) in [5.41, 5.74) is 7.14. The largest absolute Gasteiger partial charge is 0.0622 e. The van der Waals surface area contributed by atoms with Crippen molar-refractivity contribution in [3.05, 3.63) is 143 Å². The normalized spacial score (nSPS) is 11.6. The van der Waals surface area contributed by atoms with E-state index in [1.54, 1.807) is 0 Å². The van der Waals surface area contributed by atoms with E-state index in [1.165, 1.54) is 33.4 Å². The van der Waals surface area contributed by atoms with Gasteiger partial charge >= 0.3 is 0 Å². The first-order chi connectivity index (χ1) is 14.8. The first-order valence-electron chi connectivity index (χ1n) is 10.2. The van der Waals surface area contributed by atoms with E-state index in [4.69, 9.17) is 0 Å². The Morgan fingerprint density at radius 1 is 0.267 bits per heavy atom. The van der Waals surface area contributed by atoms with Gasteiger partial charge in [0.2, 0.25) is 0 Å². The van der Waals surface area contributed by atoms with Gasteiger partial charge in [-0.05, 0) is 51.6 Å². The molecule has 4 aromatic carbocycles. The van der Waals surface area contributed by atoms with Gasteiger partial charge in [-0.2, -0.15) is 0 Å². The maximum Gasteiger partial charge on any atom is -0.0245 e. The molecule has 0 spiro atoms. The molecule has 0 aromatic heterocycles. The van der Waals surface area contributed by atoms with Crippen LogP contribution in [0.4, 0.5) is 0 Å². The molecule has 0 radical (unpaired) electrons. The Bertz CT molecular complexity index is 985. The van der Waals surface area contributed by atoms with Crippen molar-refractivity contribution in [3.8, 4) is 0 Å². The zero-order chi connectivity index (χ0) is 20.4. The van der Waals surface area contributed by atoms with Gasteiger partial charge in [-0.25, -0.2) is 0 Å². The van der Waals surface area contributed by atoms with Crippen LogP contribution in [0.1, 0.15) is 33.4 Å². The standard InChI is InChI=1S/C30H24/c1-4-10-25(11-5-1)16-19-28-22-29(20-17-26-12-6-2-7-13-26)24-30(23-28)21-18-27-14-8-3-9-15-27/h1-24H/b19-16+,20-17+,21-18+. The smallest absolute Gasteiger partial charge is 0.0245 e. The molecule has 0 aliphatic heterocycles. The lowest BCUT2D eigenvalue weighted by Gasteiger charge is -2.03. The van der Waals surface area contributed by atoms with Crippen molar-refractivity contribution >= 4 is 36.5 Å². The molecule has 0 unspecified atom stereocenters. The summed E-state index contributed by atoms with van der Waals surface area (Å²) in [7, 11) is 0. The van der Waals surface area contributed by atoms with E-state index in [0.29, 0.717) is 0 Å². The lowest BCUT2D eigenvalue weighted by Crippen LogP contribution is -1.82. The molecule has 0 heterocycles. The molecule has 0 aliphatic carbocycles. The maximum absolute atomic E-state index is 2.22. The molecule has 4 aromatic rings. The van der Waals surface area contributed by atoms with Gasteiger partial charge in [-0.15, -0.1) is 0 Å². The fraction of sp³-hybridized carbons (Fsp3) is 0. The molecule has 144 valence electrons. The van der Waals surface area contributed by atoms with Crippen molar-refractivity contribution in [1.29, 1.82) is 0 Å². The molecule has 4 rings (SSSR count). The van der Waals surface area contributed by atoms with Crippen molar-refractivity contribution in [3.63, 3.8) is 0 Å². The van der Waals surface area contributed by atoms with Crippen LogP contribution in [0.15, 0.2) is 109 Å². The number of rotatable bonds is 6. The summed E-state index contributed by atoms with van der Waals surface area (Å²) in [4.78, 5) is 0. The molecule has 0 N–H and O–H groups in total. The summed E-state index contributed by atoms with van der Waals surface area (Å²) >= 11 is 0. The highest BCUT2D eigenvalue weighted by Gasteiger charge is 1.97. The van der Waals surface area contributed by atoms with E-state index in [9.17, 15) is 0 Å². The zero-order valence-corrected chi connectivity index (χ0v) is 16.9. The first kappa shape index (κ1) is 19.4. The third kappa shape index (κ3) is 5.80. The van der Waals surface area contributed by atoms with Gasteiger partial charge < -0.3 is 0 Å². The van der Waals surface area contributed by atoms with Gasteiger partial charge in [-0.1, -0.05) is 127 Å². The summed E-state index contributed by atoms with van der Waals surface area (Å²) in [6, 6.07) is 37.9.